The second-order valence-corrected chi connectivity index (χ2v) is 5.52. The van der Waals surface area contributed by atoms with Gasteiger partial charge < -0.3 is 15.2 Å². The molecule has 3 heterocycles. The maximum absolute atomic E-state index is 12.1. The Balaban J connectivity index is 2.10. The highest BCUT2D eigenvalue weighted by molar-refractivity contribution is 6.32. The maximum Gasteiger partial charge on any atom is 0.272 e. The fourth-order valence-electron chi connectivity index (χ4n) is 2.52. The smallest absolute Gasteiger partial charge is 0.272 e. The molecule has 0 bridgehead atoms. The molecule has 0 radical (unpaired) electrons. The van der Waals surface area contributed by atoms with Crippen molar-refractivity contribution in [1.82, 2.24) is 25.1 Å². The first-order valence-electron chi connectivity index (χ1n) is 6.83. The first-order valence-corrected chi connectivity index (χ1v) is 7.21. The Morgan fingerprint density at radius 1 is 1.48 bits per heavy atom. The third-order valence-electron chi connectivity index (χ3n) is 3.68. The lowest BCUT2D eigenvalue weighted by atomic mass is 10.2. The van der Waals surface area contributed by atoms with Crippen LogP contribution in [0.15, 0.2) is 17.1 Å². The second kappa shape index (κ2) is 5.50. The summed E-state index contributed by atoms with van der Waals surface area (Å²) >= 11 is 6.17. The molecule has 8 heteroatoms. The van der Waals surface area contributed by atoms with E-state index in [1.165, 1.54) is 0 Å². The largest absolute Gasteiger partial charge is 0.350 e. The molecule has 0 aliphatic carbocycles. The highest BCUT2D eigenvalue weighted by atomic mass is 35.5. The Kier molecular flexibility index (Phi) is 3.69. The lowest BCUT2D eigenvalue weighted by Gasteiger charge is -2.35. The summed E-state index contributed by atoms with van der Waals surface area (Å²) in [6.45, 7) is 4.53. The Labute approximate surface area is 126 Å². The number of nitrogens with zero attached hydrogens (tertiary/aromatic N) is 4. The van der Waals surface area contributed by atoms with Crippen molar-refractivity contribution in [2.45, 2.75) is 13.0 Å². The van der Waals surface area contributed by atoms with Gasteiger partial charge in [-0.15, -0.1) is 0 Å². The predicted octanol–water partition coefficient (Wildman–Crippen LogP) is 0.622. The van der Waals surface area contributed by atoms with Gasteiger partial charge in [0, 0.05) is 38.9 Å². The van der Waals surface area contributed by atoms with Gasteiger partial charge >= 0.3 is 0 Å². The number of anilines is 1. The number of hydrogen-bond acceptors (Lipinski definition) is 5. The number of nitrogens with one attached hydrogen (secondary N) is 2. The van der Waals surface area contributed by atoms with Gasteiger partial charge in [0.2, 0.25) is 0 Å². The SMILES string of the molecule is CC1CNCCN1c1nc(-c2ccnn2C)[nH]c(=O)c1Cl. The van der Waals surface area contributed by atoms with E-state index in [4.69, 9.17) is 11.6 Å². The van der Waals surface area contributed by atoms with Crippen LogP contribution in [0, 0.1) is 0 Å². The summed E-state index contributed by atoms with van der Waals surface area (Å²) in [5.41, 5.74) is 0.413. The predicted molar refractivity (Wildman–Crippen MR) is 81.7 cm³/mol. The van der Waals surface area contributed by atoms with Crippen LogP contribution >= 0.6 is 11.6 Å². The first-order chi connectivity index (χ1) is 10.1. The number of aromatic amines is 1. The van der Waals surface area contributed by atoms with Crippen molar-refractivity contribution in [3.63, 3.8) is 0 Å². The molecular weight excluding hydrogens is 292 g/mol. The zero-order chi connectivity index (χ0) is 15.0. The van der Waals surface area contributed by atoms with Crippen LogP contribution in [0.1, 0.15) is 6.92 Å². The van der Waals surface area contributed by atoms with Crippen molar-refractivity contribution in [3.8, 4) is 11.5 Å². The molecule has 21 heavy (non-hydrogen) atoms. The van der Waals surface area contributed by atoms with Gasteiger partial charge in [-0.05, 0) is 13.0 Å². The van der Waals surface area contributed by atoms with Crippen LogP contribution in [0.3, 0.4) is 0 Å². The third kappa shape index (κ3) is 2.54. The van der Waals surface area contributed by atoms with Crippen molar-refractivity contribution in [2.75, 3.05) is 24.5 Å². The molecule has 2 aromatic heterocycles. The molecule has 2 N–H and O–H groups in total. The summed E-state index contributed by atoms with van der Waals surface area (Å²) < 4.78 is 1.66. The molecule has 2 aromatic rings. The molecule has 1 aliphatic rings. The number of halogens is 1. The number of aryl methyl sites for hydroxylation is 1. The molecule has 0 amide bonds. The van der Waals surface area contributed by atoms with E-state index < -0.39 is 0 Å². The van der Waals surface area contributed by atoms with Crippen LogP contribution in [-0.2, 0) is 7.05 Å². The van der Waals surface area contributed by atoms with Crippen LogP contribution in [0.25, 0.3) is 11.5 Å². The Bertz CT molecular complexity index is 709. The number of H-pyrrole nitrogens is 1. The summed E-state index contributed by atoms with van der Waals surface area (Å²) in [6.07, 6.45) is 1.66. The number of hydrogen-bond donors (Lipinski definition) is 2. The molecule has 1 unspecified atom stereocenters. The molecule has 1 aliphatic heterocycles. The average Bonchev–Trinajstić information content (AvgIpc) is 2.89. The summed E-state index contributed by atoms with van der Waals surface area (Å²) in [5.74, 6) is 1.01. The van der Waals surface area contributed by atoms with E-state index in [0.29, 0.717) is 11.6 Å². The topological polar surface area (TPSA) is 78.8 Å². The lowest BCUT2D eigenvalue weighted by molar-refractivity contribution is 0.497. The molecule has 1 atom stereocenters. The summed E-state index contributed by atoms with van der Waals surface area (Å²) in [6, 6.07) is 2.03. The van der Waals surface area contributed by atoms with Gasteiger partial charge in [0.25, 0.3) is 5.56 Å². The van der Waals surface area contributed by atoms with Crippen molar-refractivity contribution in [2.24, 2.45) is 7.05 Å². The minimum atomic E-state index is -0.330. The molecule has 0 aromatic carbocycles. The van der Waals surface area contributed by atoms with E-state index in [2.05, 4.69) is 32.2 Å². The summed E-state index contributed by atoms with van der Waals surface area (Å²) in [7, 11) is 1.80. The van der Waals surface area contributed by atoms with Crippen LogP contribution in [-0.4, -0.2) is 45.4 Å². The zero-order valence-electron chi connectivity index (χ0n) is 11.9. The van der Waals surface area contributed by atoms with Crippen LogP contribution in [0.5, 0.6) is 0 Å². The van der Waals surface area contributed by atoms with E-state index in [9.17, 15) is 4.79 Å². The Morgan fingerprint density at radius 2 is 2.29 bits per heavy atom. The van der Waals surface area contributed by atoms with Gasteiger partial charge in [0.1, 0.15) is 10.7 Å². The Hall–Kier alpha value is -1.86. The summed E-state index contributed by atoms with van der Waals surface area (Å²) in [5, 5.41) is 7.54. The Morgan fingerprint density at radius 3 is 2.95 bits per heavy atom. The highest BCUT2D eigenvalue weighted by Gasteiger charge is 2.24. The minimum Gasteiger partial charge on any atom is -0.350 e. The van der Waals surface area contributed by atoms with Crippen molar-refractivity contribution in [1.29, 1.82) is 0 Å². The molecule has 0 saturated carbocycles. The molecule has 3 rings (SSSR count). The molecule has 1 saturated heterocycles. The van der Waals surface area contributed by atoms with Crippen LogP contribution < -0.4 is 15.8 Å². The highest BCUT2D eigenvalue weighted by Crippen LogP contribution is 2.25. The number of piperazine rings is 1. The van der Waals surface area contributed by atoms with E-state index in [1.807, 2.05) is 0 Å². The van der Waals surface area contributed by atoms with Gasteiger partial charge in [-0.1, -0.05) is 11.6 Å². The van der Waals surface area contributed by atoms with E-state index in [0.717, 1.165) is 25.3 Å². The maximum atomic E-state index is 12.1. The van der Waals surface area contributed by atoms with Crippen molar-refractivity contribution < 1.29 is 0 Å². The van der Waals surface area contributed by atoms with Crippen LogP contribution in [0.2, 0.25) is 5.02 Å². The second-order valence-electron chi connectivity index (χ2n) is 5.14. The molecule has 112 valence electrons. The van der Waals surface area contributed by atoms with E-state index >= 15 is 0 Å². The fourth-order valence-corrected chi connectivity index (χ4v) is 2.72. The average molecular weight is 309 g/mol. The third-order valence-corrected chi connectivity index (χ3v) is 4.02. The van der Waals surface area contributed by atoms with Gasteiger partial charge in [-0.3, -0.25) is 9.48 Å². The quantitative estimate of drug-likeness (QED) is 0.850. The number of aromatic nitrogens is 4. The standard InChI is InChI=1S/C13H17ClN6O/c1-8-7-15-5-6-20(8)12-10(14)13(21)18-11(17-12)9-3-4-16-19(9)2/h3-4,8,15H,5-7H2,1-2H3,(H,17,18,21). The molecule has 1 fully saturated rings. The molecule has 7 nitrogen and oxygen atoms in total. The van der Waals surface area contributed by atoms with E-state index in [-0.39, 0.29) is 16.6 Å². The molecular formula is C13H17ClN6O. The summed E-state index contributed by atoms with van der Waals surface area (Å²) in [4.78, 5) is 21.5. The van der Waals surface area contributed by atoms with Crippen molar-refractivity contribution >= 4 is 17.4 Å². The monoisotopic (exact) mass is 308 g/mol. The lowest BCUT2D eigenvalue weighted by Crippen LogP contribution is -2.50. The van der Waals surface area contributed by atoms with Gasteiger partial charge in [-0.2, -0.15) is 5.10 Å². The normalized spacial score (nSPS) is 19.0. The van der Waals surface area contributed by atoms with Gasteiger partial charge in [-0.25, -0.2) is 4.98 Å². The van der Waals surface area contributed by atoms with Gasteiger partial charge in [0.15, 0.2) is 11.6 Å². The fraction of sp³-hybridized carbons (Fsp3) is 0.462. The molecule has 0 spiro atoms. The van der Waals surface area contributed by atoms with Crippen LogP contribution in [0.4, 0.5) is 5.82 Å². The first kappa shape index (κ1) is 14.1. The number of rotatable bonds is 2. The minimum absolute atomic E-state index is 0.134. The van der Waals surface area contributed by atoms with Gasteiger partial charge in [0.05, 0.1) is 0 Å². The zero-order valence-corrected chi connectivity index (χ0v) is 12.7. The van der Waals surface area contributed by atoms with Crippen molar-refractivity contribution in [3.05, 3.63) is 27.6 Å². The van der Waals surface area contributed by atoms with E-state index in [1.54, 1.807) is 24.0 Å².